The number of piperidine rings is 1. The van der Waals surface area contributed by atoms with E-state index in [4.69, 9.17) is 14.2 Å². The van der Waals surface area contributed by atoms with Gasteiger partial charge < -0.3 is 34.4 Å². The molecule has 52 heavy (non-hydrogen) atoms. The molecule has 0 radical (unpaired) electrons. The minimum Gasteiger partial charge on any atom is -0.456 e. The topological polar surface area (TPSA) is 160 Å². The predicted octanol–water partition coefficient (Wildman–Crippen LogP) is 5.22. The molecule has 4 aliphatic rings. The van der Waals surface area contributed by atoms with Crippen LogP contribution in [-0.4, -0.2) is 99.7 Å². The van der Waals surface area contributed by atoms with E-state index in [1.54, 1.807) is 21.0 Å². The van der Waals surface area contributed by atoms with Gasteiger partial charge in [-0.05, 0) is 113 Å². The van der Waals surface area contributed by atoms with Crippen molar-refractivity contribution in [2.75, 3.05) is 13.7 Å². The lowest BCUT2D eigenvalue weighted by molar-refractivity contribution is -0.264. The second kappa shape index (κ2) is 18.7. The number of aliphatic hydroxyl groups excluding tert-OH is 2. The van der Waals surface area contributed by atoms with Gasteiger partial charge >= 0.3 is 5.97 Å². The van der Waals surface area contributed by atoms with Crippen molar-refractivity contribution in [2.24, 2.45) is 29.6 Å². The van der Waals surface area contributed by atoms with Crippen LogP contribution in [0.3, 0.4) is 0 Å². The van der Waals surface area contributed by atoms with Crippen LogP contribution in [0.5, 0.6) is 0 Å². The number of hydrogen-bond acceptors (Lipinski definition) is 10. The number of hydrogen-bond donors (Lipinski definition) is 3. The Morgan fingerprint density at radius 2 is 1.67 bits per heavy atom. The highest BCUT2D eigenvalue weighted by Crippen LogP contribution is 2.37. The van der Waals surface area contributed by atoms with Gasteiger partial charge in [0, 0.05) is 31.9 Å². The molecule has 11 heteroatoms. The molecule has 11 nitrogen and oxygen atoms in total. The molecule has 1 aliphatic carbocycles. The van der Waals surface area contributed by atoms with Gasteiger partial charge in [0.25, 0.3) is 11.7 Å². The summed E-state index contributed by atoms with van der Waals surface area (Å²) in [6.07, 6.45) is 7.72. The molecule has 294 valence electrons. The Morgan fingerprint density at radius 3 is 2.37 bits per heavy atom. The third-order valence-electron chi connectivity index (χ3n) is 12.2. The van der Waals surface area contributed by atoms with Crippen LogP contribution in [0.1, 0.15) is 125 Å². The van der Waals surface area contributed by atoms with Gasteiger partial charge in [-0.1, -0.05) is 46.8 Å². The monoisotopic (exact) mass is 731 g/mol. The second-order valence-corrected chi connectivity index (χ2v) is 16.4. The first-order valence-corrected chi connectivity index (χ1v) is 19.9. The highest BCUT2D eigenvalue weighted by molar-refractivity contribution is 6.39. The summed E-state index contributed by atoms with van der Waals surface area (Å²) in [5.74, 6) is -6.07. The summed E-state index contributed by atoms with van der Waals surface area (Å²) in [6, 6.07) is -1.07. The van der Waals surface area contributed by atoms with Crippen molar-refractivity contribution in [2.45, 2.75) is 167 Å². The third kappa shape index (κ3) is 10.2. The van der Waals surface area contributed by atoms with Crippen LogP contribution < -0.4 is 0 Å². The number of nitrogens with zero attached hydrogens (tertiary/aromatic N) is 1. The number of methoxy groups -OCH3 is 1. The molecule has 0 aromatic rings. The normalized spacial score (nSPS) is 40.0. The lowest BCUT2D eigenvalue weighted by Gasteiger charge is -2.42. The molecule has 3 fully saturated rings. The van der Waals surface area contributed by atoms with Crippen LogP contribution in [0.25, 0.3) is 0 Å². The van der Waals surface area contributed by atoms with Gasteiger partial charge in [0.15, 0.2) is 5.78 Å². The molecule has 4 rings (SSSR count). The summed E-state index contributed by atoms with van der Waals surface area (Å²) < 4.78 is 17.8. The average Bonchev–Trinajstić information content (AvgIpc) is 3.12. The van der Waals surface area contributed by atoms with Crippen LogP contribution in [0.2, 0.25) is 0 Å². The number of Topliss-reactive ketones (excluding diaryl/α,β-unsaturated/α-hetero) is 2. The maximum absolute atomic E-state index is 14.1. The van der Waals surface area contributed by atoms with Crippen molar-refractivity contribution in [3.8, 4) is 0 Å². The van der Waals surface area contributed by atoms with E-state index >= 15 is 0 Å². The molecule has 1 amide bonds. The van der Waals surface area contributed by atoms with E-state index in [-0.39, 0.29) is 49.0 Å². The fourth-order valence-corrected chi connectivity index (χ4v) is 8.83. The van der Waals surface area contributed by atoms with Gasteiger partial charge in [-0.3, -0.25) is 14.4 Å². The highest BCUT2D eigenvalue weighted by Gasteiger charge is 2.52. The summed E-state index contributed by atoms with van der Waals surface area (Å²) in [5.41, 5.74) is 1.35. The van der Waals surface area contributed by atoms with Crippen LogP contribution in [0.4, 0.5) is 0 Å². The maximum atomic E-state index is 14.1. The first kappa shape index (κ1) is 42.3. The number of aliphatic hydroxyl groups is 3. The summed E-state index contributed by atoms with van der Waals surface area (Å²) in [4.78, 5) is 56.9. The fourth-order valence-electron chi connectivity index (χ4n) is 8.83. The Morgan fingerprint density at radius 1 is 0.962 bits per heavy atom. The van der Waals surface area contributed by atoms with Gasteiger partial charge in [0.05, 0.1) is 24.4 Å². The maximum Gasteiger partial charge on any atom is 0.329 e. The van der Waals surface area contributed by atoms with E-state index in [0.717, 1.165) is 12.8 Å². The third-order valence-corrected chi connectivity index (χ3v) is 12.2. The highest BCUT2D eigenvalue weighted by atomic mass is 16.6. The van der Waals surface area contributed by atoms with Gasteiger partial charge in [0.1, 0.15) is 12.1 Å². The number of rotatable bonds is 4. The summed E-state index contributed by atoms with van der Waals surface area (Å²) >= 11 is 0. The number of allylic oxidation sites excluding steroid dienone is 3. The molecular weight excluding hydrogens is 666 g/mol. The number of carbonyl (C=O) groups is 4. The van der Waals surface area contributed by atoms with Crippen LogP contribution in [0.15, 0.2) is 23.3 Å². The summed E-state index contributed by atoms with van der Waals surface area (Å²) in [6.45, 7) is 11.6. The molecule has 12 atom stereocenters. The second-order valence-electron chi connectivity index (χ2n) is 16.4. The van der Waals surface area contributed by atoms with Gasteiger partial charge in [-0.25, -0.2) is 4.79 Å². The fraction of sp³-hybridized carbons (Fsp3) is 0.805. The van der Waals surface area contributed by atoms with Crippen LogP contribution in [-0.2, 0) is 33.4 Å². The SMILES string of the molecule is CCC1=CC(C)C[C@H](C)CC[C@@H]2CC[C@@H](C)[C@@](O)(O2)C(=O)C(=O)N2CCCCC2C(=O)O[C@H](C(C)=C[C@@H]2CC[C@@H](O)[C@H](OC)C2)[C@H](C)[C@@H](O)CC1=O. The Balaban J connectivity index is 1.71. The van der Waals surface area contributed by atoms with Gasteiger partial charge in [-0.2, -0.15) is 0 Å². The van der Waals surface area contributed by atoms with E-state index in [1.807, 2.05) is 26.0 Å². The Kier molecular flexibility index (Phi) is 15.2. The predicted molar refractivity (Wildman–Crippen MR) is 196 cm³/mol. The number of ketones is 2. The smallest absolute Gasteiger partial charge is 0.329 e. The first-order valence-electron chi connectivity index (χ1n) is 19.9. The Hall–Kier alpha value is -2.44. The van der Waals surface area contributed by atoms with Crippen LogP contribution in [0, 0.1) is 29.6 Å². The molecule has 3 heterocycles. The zero-order chi connectivity index (χ0) is 38.3. The molecule has 0 aromatic carbocycles. The molecule has 2 unspecified atom stereocenters. The number of esters is 1. The number of amides is 1. The molecule has 0 spiro atoms. The van der Waals surface area contributed by atoms with E-state index in [2.05, 4.69) is 13.8 Å². The van der Waals surface area contributed by atoms with E-state index in [0.29, 0.717) is 68.9 Å². The van der Waals surface area contributed by atoms with Crippen molar-refractivity contribution in [3.63, 3.8) is 0 Å². The zero-order valence-corrected chi connectivity index (χ0v) is 32.6. The van der Waals surface area contributed by atoms with Crippen molar-refractivity contribution >= 4 is 23.4 Å². The largest absolute Gasteiger partial charge is 0.456 e. The molecule has 1 saturated carbocycles. The number of ether oxygens (including phenoxy) is 3. The van der Waals surface area contributed by atoms with Crippen molar-refractivity contribution in [1.29, 1.82) is 0 Å². The number of fused-ring (bicyclic) bond motifs is 3. The van der Waals surface area contributed by atoms with Crippen molar-refractivity contribution in [1.82, 2.24) is 4.90 Å². The van der Waals surface area contributed by atoms with E-state index in [1.165, 1.54) is 4.90 Å². The standard InChI is InChI=1S/C41H65NO10/c1-8-30-20-25(3)19-24(2)12-15-31-16-13-27(5)41(49,52-31)38(46)39(47)42-18-10-9-11-32(42)40(48)51-37(28(6)34(44)23-35(30)45)26(4)21-29-14-17-33(43)36(22-29)50-7/h20-21,24-25,27-29,31-34,36-37,43-44,49H,8-19,22-23H2,1-7H3/t24-,25?,27-,28-,29+,31-,32?,33-,34+,36-,37-,41-/m1/s1. The van der Waals surface area contributed by atoms with E-state index < -0.39 is 65.7 Å². The number of cyclic esters (lactones) is 1. The minimum atomic E-state index is -2.30. The molecule has 0 aromatic heterocycles. The summed E-state index contributed by atoms with van der Waals surface area (Å²) in [7, 11) is 1.57. The molecule has 2 saturated heterocycles. The minimum absolute atomic E-state index is 0.0223. The van der Waals surface area contributed by atoms with E-state index in [9.17, 15) is 34.5 Å². The lowest BCUT2D eigenvalue weighted by atomic mass is 9.82. The number of carbonyl (C=O) groups excluding carboxylic acids is 4. The average molecular weight is 732 g/mol. The van der Waals surface area contributed by atoms with Crippen molar-refractivity contribution < 1.29 is 48.7 Å². The Labute approximate surface area is 310 Å². The van der Waals surface area contributed by atoms with Gasteiger partial charge in [0.2, 0.25) is 5.79 Å². The lowest BCUT2D eigenvalue weighted by Crippen LogP contribution is -2.60. The molecule has 2 bridgehead atoms. The Bertz CT molecular complexity index is 1330. The van der Waals surface area contributed by atoms with Gasteiger partial charge in [-0.15, -0.1) is 0 Å². The molecular formula is C41H65NO10. The first-order chi connectivity index (χ1) is 24.6. The molecule has 3 N–H and O–H groups in total. The quantitative estimate of drug-likeness (QED) is 0.199. The molecule has 3 aliphatic heterocycles. The summed E-state index contributed by atoms with van der Waals surface area (Å²) in [5, 5.41) is 33.6. The van der Waals surface area contributed by atoms with Crippen LogP contribution >= 0.6 is 0 Å². The zero-order valence-electron chi connectivity index (χ0n) is 32.6. The van der Waals surface area contributed by atoms with Crippen molar-refractivity contribution in [3.05, 3.63) is 23.3 Å².